The summed E-state index contributed by atoms with van der Waals surface area (Å²) in [6.07, 6.45) is 4.15. The van der Waals surface area contributed by atoms with E-state index in [4.69, 9.17) is 9.47 Å². The van der Waals surface area contributed by atoms with Gasteiger partial charge < -0.3 is 9.47 Å². The summed E-state index contributed by atoms with van der Waals surface area (Å²) in [6, 6.07) is 3.57. The molecule has 140 valence electrons. The maximum Gasteiger partial charge on any atom is 0.254 e. The predicted octanol–water partition coefficient (Wildman–Crippen LogP) is 3.67. The third kappa shape index (κ3) is 3.62. The van der Waals surface area contributed by atoms with Crippen LogP contribution < -0.4 is 9.47 Å². The van der Waals surface area contributed by atoms with Crippen LogP contribution in [0.1, 0.15) is 51.3 Å². The first-order valence-electron chi connectivity index (χ1n) is 9.35. The van der Waals surface area contributed by atoms with Crippen molar-refractivity contribution in [2.24, 2.45) is 11.8 Å². The molecule has 1 aromatic rings. The van der Waals surface area contributed by atoms with Crippen LogP contribution in [0.2, 0.25) is 0 Å². The Balaban J connectivity index is 1.97. The fraction of sp³-hybridized carbons (Fsp3) is 0.524. The average Bonchev–Trinajstić information content (AvgIpc) is 3.15. The van der Waals surface area contributed by atoms with Gasteiger partial charge in [0, 0.05) is 23.3 Å². The summed E-state index contributed by atoms with van der Waals surface area (Å²) in [4.78, 5) is 25.8. The number of hydrogen-bond acceptors (Lipinski definition) is 4. The Hall–Kier alpha value is -2.30. The lowest BCUT2D eigenvalue weighted by molar-refractivity contribution is -0.139. The highest BCUT2D eigenvalue weighted by Gasteiger charge is 2.39. The van der Waals surface area contributed by atoms with Crippen molar-refractivity contribution in [3.05, 3.63) is 35.4 Å². The standard InChI is InChI=1S/C21H27NO4/c1-13(2)11-25-17-7-8-18(26-12-14(3)4)21-15(17)5-6-16(21)22-19(23)9-10-20(22)24/h7-10,13-14,16H,5-6,11-12H2,1-4H3/t16-/m0/s1. The Morgan fingerprint density at radius 3 is 2.08 bits per heavy atom. The predicted molar refractivity (Wildman–Crippen MR) is 99.2 cm³/mol. The lowest BCUT2D eigenvalue weighted by Crippen LogP contribution is -2.33. The Morgan fingerprint density at radius 1 is 0.962 bits per heavy atom. The number of rotatable bonds is 7. The van der Waals surface area contributed by atoms with Gasteiger partial charge in [-0.05, 0) is 36.8 Å². The lowest BCUT2D eigenvalue weighted by Gasteiger charge is -2.25. The largest absolute Gasteiger partial charge is 0.493 e. The highest BCUT2D eigenvalue weighted by Crippen LogP contribution is 2.46. The van der Waals surface area contributed by atoms with E-state index in [0.29, 0.717) is 31.5 Å². The molecule has 0 radical (unpaired) electrons. The second-order valence-electron chi connectivity index (χ2n) is 7.80. The first-order chi connectivity index (χ1) is 12.4. The molecule has 0 aromatic heterocycles. The fourth-order valence-corrected chi connectivity index (χ4v) is 3.42. The van der Waals surface area contributed by atoms with Crippen molar-refractivity contribution in [3.8, 4) is 11.5 Å². The van der Waals surface area contributed by atoms with Gasteiger partial charge in [0.15, 0.2) is 0 Å². The Bertz CT molecular complexity index is 718. The summed E-state index contributed by atoms with van der Waals surface area (Å²) in [5.41, 5.74) is 1.99. The summed E-state index contributed by atoms with van der Waals surface area (Å²) in [5.74, 6) is 1.89. The van der Waals surface area contributed by atoms with E-state index in [1.165, 1.54) is 17.1 Å². The van der Waals surface area contributed by atoms with Gasteiger partial charge in [-0.3, -0.25) is 14.5 Å². The van der Waals surface area contributed by atoms with Gasteiger partial charge in [0.05, 0.1) is 19.3 Å². The molecule has 3 rings (SSSR count). The van der Waals surface area contributed by atoms with Crippen LogP contribution in [0.4, 0.5) is 0 Å². The molecule has 1 aliphatic carbocycles. The number of imide groups is 1. The SMILES string of the molecule is CC(C)COc1ccc(OCC(C)C)c2c1CC[C@@H]2N1C(=O)C=CC1=O. The molecule has 1 atom stereocenters. The Morgan fingerprint density at radius 2 is 1.50 bits per heavy atom. The molecular weight excluding hydrogens is 330 g/mol. The maximum atomic E-state index is 12.2. The summed E-state index contributed by atoms with van der Waals surface area (Å²) in [5, 5.41) is 0. The van der Waals surface area contributed by atoms with Crippen molar-refractivity contribution in [2.45, 2.75) is 46.6 Å². The van der Waals surface area contributed by atoms with Gasteiger partial charge in [-0.2, -0.15) is 0 Å². The van der Waals surface area contributed by atoms with E-state index in [2.05, 4.69) is 27.7 Å². The minimum absolute atomic E-state index is 0.254. The van der Waals surface area contributed by atoms with Gasteiger partial charge in [-0.25, -0.2) is 0 Å². The Labute approximate surface area is 155 Å². The minimum Gasteiger partial charge on any atom is -0.493 e. The number of hydrogen-bond donors (Lipinski definition) is 0. The smallest absolute Gasteiger partial charge is 0.254 e. The van der Waals surface area contributed by atoms with Crippen molar-refractivity contribution in [3.63, 3.8) is 0 Å². The van der Waals surface area contributed by atoms with Gasteiger partial charge in [0.1, 0.15) is 11.5 Å². The third-order valence-electron chi connectivity index (χ3n) is 4.57. The van der Waals surface area contributed by atoms with Crippen molar-refractivity contribution in [1.82, 2.24) is 4.90 Å². The zero-order valence-corrected chi connectivity index (χ0v) is 16.0. The van der Waals surface area contributed by atoms with Crippen LogP contribution in [-0.4, -0.2) is 29.9 Å². The summed E-state index contributed by atoms with van der Waals surface area (Å²) < 4.78 is 12.0. The second-order valence-corrected chi connectivity index (χ2v) is 7.80. The van der Waals surface area contributed by atoms with E-state index in [9.17, 15) is 9.59 Å². The molecule has 0 bridgehead atoms. The van der Waals surface area contributed by atoms with Crippen LogP contribution in [-0.2, 0) is 16.0 Å². The molecule has 1 heterocycles. The molecule has 0 unspecified atom stereocenters. The molecule has 5 heteroatoms. The van der Waals surface area contributed by atoms with E-state index >= 15 is 0 Å². The summed E-state index contributed by atoms with van der Waals surface area (Å²) in [7, 11) is 0. The normalized spacial score (nSPS) is 19.0. The van der Waals surface area contributed by atoms with E-state index in [0.717, 1.165) is 29.0 Å². The molecule has 0 saturated heterocycles. The van der Waals surface area contributed by atoms with E-state index in [1.807, 2.05) is 12.1 Å². The van der Waals surface area contributed by atoms with Crippen LogP contribution >= 0.6 is 0 Å². The number of nitrogens with zero attached hydrogens (tertiary/aromatic N) is 1. The number of ether oxygens (including phenoxy) is 2. The molecular formula is C21H27NO4. The molecule has 0 spiro atoms. The minimum atomic E-state index is -0.287. The molecule has 2 amide bonds. The Kier molecular flexibility index (Phi) is 5.35. The third-order valence-corrected chi connectivity index (χ3v) is 4.57. The van der Waals surface area contributed by atoms with Crippen LogP contribution in [0, 0.1) is 11.8 Å². The molecule has 0 saturated carbocycles. The highest BCUT2D eigenvalue weighted by molar-refractivity contribution is 6.13. The van der Waals surface area contributed by atoms with Gasteiger partial charge >= 0.3 is 0 Å². The zero-order chi connectivity index (χ0) is 18.8. The van der Waals surface area contributed by atoms with Gasteiger partial charge in [-0.15, -0.1) is 0 Å². The molecule has 0 N–H and O–H groups in total. The van der Waals surface area contributed by atoms with Crippen molar-refractivity contribution in [2.75, 3.05) is 13.2 Å². The molecule has 5 nitrogen and oxygen atoms in total. The van der Waals surface area contributed by atoms with Crippen molar-refractivity contribution < 1.29 is 19.1 Å². The number of benzene rings is 1. The number of amides is 2. The average molecular weight is 357 g/mol. The van der Waals surface area contributed by atoms with E-state index in [1.54, 1.807) is 0 Å². The highest BCUT2D eigenvalue weighted by atomic mass is 16.5. The van der Waals surface area contributed by atoms with E-state index < -0.39 is 0 Å². The molecule has 0 fully saturated rings. The molecule has 26 heavy (non-hydrogen) atoms. The van der Waals surface area contributed by atoms with Crippen LogP contribution in [0.3, 0.4) is 0 Å². The van der Waals surface area contributed by atoms with Crippen LogP contribution in [0.5, 0.6) is 11.5 Å². The zero-order valence-electron chi connectivity index (χ0n) is 16.0. The van der Waals surface area contributed by atoms with Gasteiger partial charge in [-0.1, -0.05) is 27.7 Å². The van der Waals surface area contributed by atoms with Crippen molar-refractivity contribution in [1.29, 1.82) is 0 Å². The first kappa shape index (κ1) is 18.5. The second kappa shape index (κ2) is 7.52. The van der Waals surface area contributed by atoms with Gasteiger partial charge in [0.2, 0.25) is 0 Å². The summed E-state index contributed by atoms with van der Waals surface area (Å²) in [6.45, 7) is 9.62. The van der Waals surface area contributed by atoms with Gasteiger partial charge in [0.25, 0.3) is 11.8 Å². The van der Waals surface area contributed by atoms with Crippen LogP contribution in [0.25, 0.3) is 0 Å². The lowest BCUT2D eigenvalue weighted by atomic mass is 10.0. The van der Waals surface area contributed by atoms with Crippen molar-refractivity contribution >= 4 is 11.8 Å². The molecule has 1 aromatic carbocycles. The fourth-order valence-electron chi connectivity index (χ4n) is 3.42. The number of carbonyl (C=O) groups excluding carboxylic acids is 2. The number of fused-ring (bicyclic) bond motifs is 1. The first-order valence-corrected chi connectivity index (χ1v) is 9.35. The van der Waals surface area contributed by atoms with E-state index in [-0.39, 0.29) is 17.9 Å². The number of carbonyl (C=O) groups is 2. The summed E-state index contributed by atoms with van der Waals surface area (Å²) >= 11 is 0. The quantitative estimate of drug-likeness (QED) is 0.699. The molecule has 1 aliphatic heterocycles. The molecule has 2 aliphatic rings. The monoisotopic (exact) mass is 357 g/mol. The topological polar surface area (TPSA) is 55.8 Å². The van der Waals surface area contributed by atoms with Crippen LogP contribution in [0.15, 0.2) is 24.3 Å². The maximum absolute atomic E-state index is 12.2.